The standard InChI is InChI=1S/C17H21N3O5/c1-10(2)16-18-14(19-25-16)9-20(3)15(17(21)22)11-4-5-12-13(8-11)24-7-6-23-12/h4-5,8,10,15H,6-7,9H2,1-3H3,(H,21,22)/t15-/m1/s1. The van der Waals surface area contributed by atoms with Gasteiger partial charge in [-0.3, -0.25) is 9.69 Å². The number of carbonyl (C=O) groups is 1. The van der Waals surface area contributed by atoms with Crippen LogP contribution in [0, 0.1) is 0 Å². The molecule has 8 heteroatoms. The first-order valence-electron chi connectivity index (χ1n) is 8.10. The topological polar surface area (TPSA) is 97.9 Å². The van der Waals surface area contributed by atoms with Gasteiger partial charge in [-0.15, -0.1) is 0 Å². The largest absolute Gasteiger partial charge is 0.486 e. The maximum absolute atomic E-state index is 11.8. The first-order chi connectivity index (χ1) is 12.0. The molecule has 1 N–H and O–H groups in total. The number of nitrogens with zero attached hydrogens (tertiary/aromatic N) is 3. The van der Waals surface area contributed by atoms with Crippen molar-refractivity contribution in [3.63, 3.8) is 0 Å². The predicted octanol–water partition coefficient (Wildman–Crippen LogP) is 2.22. The zero-order valence-electron chi connectivity index (χ0n) is 14.4. The summed E-state index contributed by atoms with van der Waals surface area (Å²) in [6.07, 6.45) is 0. The van der Waals surface area contributed by atoms with Crippen molar-refractivity contribution in [1.82, 2.24) is 15.0 Å². The average Bonchev–Trinajstić information content (AvgIpc) is 3.03. The van der Waals surface area contributed by atoms with Gasteiger partial charge in [0.05, 0.1) is 6.54 Å². The van der Waals surface area contributed by atoms with E-state index in [0.717, 1.165) is 0 Å². The van der Waals surface area contributed by atoms with Crippen LogP contribution in [0.1, 0.15) is 43.1 Å². The molecule has 0 aliphatic carbocycles. The van der Waals surface area contributed by atoms with Crippen LogP contribution in [0.5, 0.6) is 11.5 Å². The maximum atomic E-state index is 11.8. The van der Waals surface area contributed by atoms with E-state index in [9.17, 15) is 9.90 Å². The minimum absolute atomic E-state index is 0.125. The molecule has 0 unspecified atom stereocenters. The molecule has 25 heavy (non-hydrogen) atoms. The van der Waals surface area contributed by atoms with Crippen LogP contribution < -0.4 is 9.47 Å². The van der Waals surface area contributed by atoms with Gasteiger partial charge in [-0.05, 0) is 24.7 Å². The van der Waals surface area contributed by atoms with Crippen molar-refractivity contribution in [3.8, 4) is 11.5 Å². The number of rotatable bonds is 6. The Labute approximate surface area is 145 Å². The van der Waals surface area contributed by atoms with E-state index in [1.54, 1.807) is 30.1 Å². The highest BCUT2D eigenvalue weighted by molar-refractivity contribution is 5.76. The quantitative estimate of drug-likeness (QED) is 0.849. The van der Waals surface area contributed by atoms with Gasteiger partial charge in [0.25, 0.3) is 0 Å². The number of hydrogen-bond acceptors (Lipinski definition) is 7. The number of carboxylic acids is 1. The van der Waals surface area contributed by atoms with Gasteiger partial charge in [-0.1, -0.05) is 25.1 Å². The van der Waals surface area contributed by atoms with Crippen LogP contribution in [-0.4, -0.2) is 46.4 Å². The Morgan fingerprint density at radius 3 is 2.64 bits per heavy atom. The van der Waals surface area contributed by atoms with Crippen molar-refractivity contribution < 1.29 is 23.9 Å². The van der Waals surface area contributed by atoms with Gasteiger partial charge in [0.2, 0.25) is 5.89 Å². The molecule has 0 amide bonds. The highest BCUT2D eigenvalue weighted by Gasteiger charge is 2.28. The van der Waals surface area contributed by atoms with Crippen LogP contribution >= 0.6 is 0 Å². The Morgan fingerprint density at radius 1 is 1.28 bits per heavy atom. The fourth-order valence-electron chi connectivity index (χ4n) is 2.70. The molecule has 0 fully saturated rings. The monoisotopic (exact) mass is 347 g/mol. The van der Waals surface area contributed by atoms with Crippen molar-refractivity contribution in [2.45, 2.75) is 32.4 Å². The van der Waals surface area contributed by atoms with E-state index in [1.807, 2.05) is 13.8 Å². The number of benzene rings is 1. The molecule has 2 aromatic rings. The van der Waals surface area contributed by atoms with Gasteiger partial charge in [-0.25, -0.2) is 0 Å². The Morgan fingerprint density at radius 2 is 2.00 bits per heavy atom. The molecule has 0 bridgehead atoms. The fourth-order valence-corrected chi connectivity index (χ4v) is 2.70. The molecule has 0 saturated heterocycles. The normalized spacial score (nSPS) is 14.8. The molecule has 1 aromatic heterocycles. The molecule has 1 aromatic carbocycles. The fraction of sp³-hybridized carbons (Fsp3) is 0.471. The molecule has 1 aliphatic heterocycles. The third kappa shape index (κ3) is 3.74. The summed E-state index contributed by atoms with van der Waals surface area (Å²) >= 11 is 0. The molecule has 8 nitrogen and oxygen atoms in total. The number of aromatic nitrogens is 2. The van der Waals surface area contributed by atoms with Gasteiger partial charge < -0.3 is 19.1 Å². The molecule has 0 spiro atoms. The van der Waals surface area contributed by atoms with Crippen LogP contribution in [0.4, 0.5) is 0 Å². The Bertz CT molecular complexity index is 758. The molecule has 3 rings (SSSR count). The Balaban J connectivity index is 1.81. The maximum Gasteiger partial charge on any atom is 0.325 e. The number of ether oxygens (including phenoxy) is 2. The summed E-state index contributed by atoms with van der Waals surface area (Å²) in [6.45, 7) is 5.10. The van der Waals surface area contributed by atoms with Crippen molar-refractivity contribution >= 4 is 5.97 Å². The minimum atomic E-state index is -0.966. The van der Waals surface area contributed by atoms with Gasteiger partial charge in [0.1, 0.15) is 19.3 Å². The van der Waals surface area contributed by atoms with E-state index < -0.39 is 12.0 Å². The first-order valence-corrected chi connectivity index (χ1v) is 8.10. The number of likely N-dealkylation sites (N-methyl/N-ethyl adjacent to an activating group) is 1. The third-order valence-electron chi connectivity index (χ3n) is 3.93. The van der Waals surface area contributed by atoms with Gasteiger partial charge in [0.15, 0.2) is 17.3 Å². The van der Waals surface area contributed by atoms with Gasteiger partial charge in [-0.2, -0.15) is 4.98 Å². The second-order valence-electron chi connectivity index (χ2n) is 6.26. The third-order valence-corrected chi connectivity index (χ3v) is 3.93. The molecular formula is C17H21N3O5. The van der Waals surface area contributed by atoms with Crippen LogP contribution in [0.2, 0.25) is 0 Å². The molecule has 1 aliphatic rings. The van der Waals surface area contributed by atoms with Crippen molar-refractivity contribution in [2.75, 3.05) is 20.3 Å². The predicted molar refractivity (Wildman–Crippen MR) is 87.7 cm³/mol. The van der Waals surface area contributed by atoms with Gasteiger partial charge >= 0.3 is 5.97 Å². The van der Waals surface area contributed by atoms with E-state index in [0.29, 0.717) is 42.0 Å². The van der Waals surface area contributed by atoms with Crippen LogP contribution in [-0.2, 0) is 11.3 Å². The van der Waals surface area contributed by atoms with Crippen molar-refractivity contribution in [2.24, 2.45) is 0 Å². The summed E-state index contributed by atoms with van der Waals surface area (Å²) in [6, 6.07) is 4.31. The highest BCUT2D eigenvalue weighted by Crippen LogP contribution is 2.34. The van der Waals surface area contributed by atoms with Crippen LogP contribution in [0.15, 0.2) is 22.7 Å². The SMILES string of the molecule is CC(C)c1nc(CN(C)[C@@H](C(=O)O)c2ccc3c(c2)OCCO3)no1. The van der Waals surface area contributed by atoms with Crippen molar-refractivity contribution in [1.29, 1.82) is 0 Å². The summed E-state index contributed by atoms with van der Waals surface area (Å²) < 4.78 is 16.2. The number of carboxylic acid groups (broad SMARTS) is 1. The molecule has 134 valence electrons. The summed E-state index contributed by atoms with van der Waals surface area (Å²) in [5, 5.41) is 13.6. The lowest BCUT2D eigenvalue weighted by Crippen LogP contribution is -2.31. The Hall–Kier alpha value is -2.61. The van der Waals surface area contributed by atoms with E-state index in [-0.39, 0.29) is 12.5 Å². The lowest BCUT2D eigenvalue weighted by molar-refractivity contribution is -0.143. The van der Waals surface area contributed by atoms with E-state index in [1.165, 1.54) is 0 Å². The summed E-state index contributed by atoms with van der Waals surface area (Å²) in [5.41, 5.74) is 0.604. The zero-order valence-corrected chi connectivity index (χ0v) is 14.4. The second-order valence-corrected chi connectivity index (χ2v) is 6.26. The van der Waals surface area contributed by atoms with Crippen molar-refractivity contribution in [3.05, 3.63) is 35.5 Å². The van der Waals surface area contributed by atoms with Crippen LogP contribution in [0.25, 0.3) is 0 Å². The lowest BCUT2D eigenvalue weighted by atomic mass is 10.0. The smallest absolute Gasteiger partial charge is 0.325 e. The summed E-state index contributed by atoms with van der Waals surface area (Å²) in [5.74, 6) is 1.34. The van der Waals surface area contributed by atoms with E-state index >= 15 is 0 Å². The molecule has 2 heterocycles. The minimum Gasteiger partial charge on any atom is -0.486 e. The van der Waals surface area contributed by atoms with E-state index in [4.69, 9.17) is 14.0 Å². The zero-order chi connectivity index (χ0) is 18.0. The number of fused-ring (bicyclic) bond motifs is 1. The average molecular weight is 347 g/mol. The highest BCUT2D eigenvalue weighted by atomic mass is 16.6. The summed E-state index contributed by atoms with van der Waals surface area (Å²) in [4.78, 5) is 17.8. The summed E-state index contributed by atoms with van der Waals surface area (Å²) in [7, 11) is 1.71. The Kier molecular flexibility index (Phi) is 4.89. The first kappa shape index (κ1) is 17.2. The molecule has 0 saturated carbocycles. The second kappa shape index (κ2) is 7.10. The molecule has 1 atom stereocenters. The van der Waals surface area contributed by atoms with Gasteiger partial charge in [0, 0.05) is 5.92 Å². The van der Waals surface area contributed by atoms with E-state index in [2.05, 4.69) is 10.1 Å². The van der Waals surface area contributed by atoms with Crippen LogP contribution in [0.3, 0.4) is 0 Å². The lowest BCUT2D eigenvalue weighted by Gasteiger charge is -2.25. The number of aliphatic carboxylic acids is 1. The molecule has 0 radical (unpaired) electrons. The molecular weight excluding hydrogens is 326 g/mol. The number of hydrogen-bond donors (Lipinski definition) is 1.